The summed E-state index contributed by atoms with van der Waals surface area (Å²) in [5, 5.41) is 0. The highest BCUT2D eigenvalue weighted by atomic mass is 15.2. The molecule has 1 aromatic carbocycles. The first kappa shape index (κ1) is 23.4. The first-order valence-electron chi connectivity index (χ1n) is 13.6. The van der Waals surface area contributed by atoms with Gasteiger partial charge in [-0.2, -0.15) is 0 Å². The number of allylic oxidation sites excluding steroid dienone is 2. The van der Waals surface area contributed by atoms with Crippen molar-refractivity contribution in [2.24, 2.45) is 0 Å². The van der Waals surface area contributed by atoms with Crippen molar-refractivity contribution in [2.75, 3.05) is 0 Å². The molecule has 3 aliphatic rings. The summed E-state index contributed by atoms with van der Waals surface area (Å²) in [4.78, 5) is 2.76. The summed E-state index contributed by atoms with van der Waals surface area (Å²) in [6, 6.07) is 6.40. The topological polar surface area (TPSA) is 3.24 Å². The van der Waals surface area contributed by atoms with E-state index in [-0.39, 0.29) is 0 Å². The Bertz CT molecular complexity index is 873. The minimum atomic E-state index is 0.467. The van der Waals surface area contributed by atoms with E-state index < -0.39 is 0 Å². The van der Waals surface area contributed by atoms with E-state index in [0.29, 0.717) is 18.0 Å². The quantitative estimate of drug-likeness (QED) is 0.353. The third-order valence-corrected chi connectivity index (χ3v) is 8.35. The van der Waals surface area contributed by atoms with E-state index in [9.17, 15) is 0 Å². The van der Waals surface area contributed by atoms with Gasteiger partial charge in [-0.25, -0.2) is 0 Å². The Balaban J connectivity index is 1.72. The third-order valence-electron chi connectivity index (χ3n) is 8.35. The normalized spacial score (nSPS) is 24.5. The van der Waals surface area contributed by atoms with Gasteiger partial charge in [-0.1, -0.05) is 84.6 Å². The Morgan fingerprint density at radius 3 is 2.50 bits per heavy atom. The average molecular weight is 432 g/mol. The molecular weight excluding hydrogens is 386 g/mol. The average Bonchev–Trinajstić information content (AvgIpc) is 2.81. The fourth-order valence-corrected chi connectivity index (χ4v) is 6.63. The van der Waals surface area contributed by atoms with Crippen molar-refractivity contribution in [3.63, 3.8) is 0 Å². The number of unbranched alkanes of at least 4 members (excludes halogenated alkanes) is 3. The standard InChI is InChI=1S/C31H45N/c1-6-9-10-11-15-25-20-27-26-16-12-13-17-30(26)32-21-29(22(4)14-7-2)23(5)18-31(32)28(27)19-24(25)8-3/h19-21,26,30-31H,4-18H2,1-3H3. The Hall–Kier alpha value is -1.76. The molecule has 1 aromatic rings. The molecule has 1 nitrogen and oxygen atoms in total. The lowest BCUT2D eigenvalue weighted by atomic mass is 9.69. The summed E-state index contributed by atoms with van der Waals surface area (Å²) in [6.07, 6.45) is 19.0. The highest BCUT2D eigenvalue weighted by Gasteiger charge is 2.43. The van der Waals surface area contributed by atoms with Crippen LogP contribution < -0.4 is 0 Å². The number of nitrogens with zero attached hydrogens (tertiary/aromatic N) is 1. The molecule has 4 rings (SSSR count). The summed E-state index contributed by atoms with van der Waals surface area (Å²) < 4.78 is 0. The summed E-state index contributed by atoms with van der Waals surface area (Å²) in [5.41, 5.74) is 10.5. The first-order chi connectivity index (χ1) is 15.6. The molecule has 32 heavy (non-hydrogen) atoms. The second-order valence-corrected chi connectivity index (χ2v) is 10.5. The molecule has 1 heteroatoms. The maximum Gasteiger partial charge on any atom is 0.0583 e. The summed E-state index contributed by atoms with van der Waals surface area (Å²) >= 11 is 0. The van der Waals surface area contributed by atoms with Gasteiger partial charge in [0.2, 0.25) is 0 Å². The Labute approximate surface area is 197 Å². The van der Waals surface area contributed by atoms with E-state index in [2.05, 4.69) is 57.2 Å². The number of hydrogen-bond acceptors (Lipinski definition) is 1. The molecular formula is C31H45N. The van der Waals surface area contributed by atoms with Crippen molar-refractivity contribution < 1.29 is 0 Å². The van der Waals surface area contributed by atoms with E-state index in [1.807, 2.05) is 0 Å². The highest BCUT2D eigenvalue weighted by Crippen LogP contribution is 2.52. The molecule has 2 heterocycles. The maximum absolute atomic E-state index is 4.53. The highest BCUT2D eigenvalue weighted by molar-refractivity contribution is 5.51. The van der Waals surface area contributed by atoms with Crippen LogP contribution in [0.4, 0.5) is 0 Å². The van der Waals surface area contributed by atoms with Crippen LogP contribution in [0.1, 0.15) is 126 Å². The van der Waals surface area contributed by atoms with Crippen LogP contribution in [0.3, 0.4) is 0 Å². The van der Waals surface area contributed by atoms with Gasteiger partial charge in [-0.05, 0) is 83.9 Å². The molecule has 3 atom stereocenters. The van der Waals surface area contributed by atoms with E-state index in [0.717, 1.165) is 25.7 Å². The molecule has 1 saturated carbocycles. The molecule has 0 aromatic heterocycles. The van der Waals surface area contributed by atoms with Gasteiger partial charge < -0.3 is 4.90 Å². The maximum atomic E-state index is 4.53. The molecule has 0 amide bonds. The second-order valence-electron chi connectivity index (χ2n) is 10.5. The molecule has 0 saturated heterocycles. The lowest BCUT2D eigenvalue weighted by molar-refractivity contribution is 0.117. The van der Waals surface area contributed by atoms with Gasteiger partial charge in [0.25, 0.3) is 0 Å². The van der Waals surface area contributed by atoms with Crippen molar-refractivity contribution >= 4 is 0 Å². The third kappa shape index (κ3) is 4.50. The number of fused-ring (bicyclic) bond motifs is 6. The Kier molecular flexibility index (Phi) is 7.64. The predicted octanol–water partition coefficient (Wildman–Crippen LogP) is 8.95. The van der Waals surface area contributed by atoms with Crippen LogP contribution in [0.15, 0.2) is 48.2 Å². The smallest absolute Gasteiger partial charge is 0.0583 e. The zero-order chi connectivity index (χ0) is 22.7. The lowest BCUT2D eigenvalue weighted by Crippen LogP contribution is -2.46. The molecule has 1 aliphatic carbocycles. The molecule has 3 unspecified atom stereocenters. The Morgan fingerprint density at radius 2 is 1.75 bits per heavy atom. The van der Waals surface area contributed by atoms with E-state index >= 15 is 0 Å². The number of rotatable bonds is 9. The predicted molar refractivity (Wildman–Crippen MR) is 139 cm³/mol. The monoisotopic (exact) mass is 431 g/mol. The number of benzene rings is 1. The summed E-state index contributed by atoms with van der Waals surface area (Å²) in [5.74, 6) is 0.693. The van der Waals surface area contributed by atoms with Crippen LogP contribution in [0.2, 0.25) is 0 Å². The zero-order valence-corrected chi connectivity index (χ0v) is 21.0. The van der Waals surface area contributed by atoms with E-state index in [4.69, 9.17) is 0 Å². The van der Waals surface area contributed by atoms with Crippen LogP contribution in [0, 0.1) is 0 Å². The lowest BCUT2D eigenvalue weighted by Gasteiger charge is -2.52. The van der Waals surface area contributed by atoms with Crippen LogP contribution in [-0.4, -0.2) is 10.9 Å². The molecule has 174 valence electrons. The van der Waals surface area contributed by atoms with Gasteiger partial charge >= 0.3 is 0 Å². The largest absolute Gasteiger partial charge is 0.366 e. The molecule has 0 N–H and O–H groups in total. The van der Waals surface area contributed by atoms with Gasteiger partial charge in [0.1, 0.15) is 0 Å². The van der Waals surface area contributed by atoms with Gasteiger partial charge in [-0.3, -0.25) is 0 Å². The van der Waals surface area contributed by atoms with Crippen molar-refractivity contribution in [3.05, 3.63) is 70.5 Å². The van der Waals surface area contributed by atoms with Gasteiger partial charge in [-0.15, -0.1) is 0 Å². The van der Waals surface area contributed by atoms with Crippen molar-refractivity contribution in [3.8, 4) is 0 Å². The fraction of sp³-hybridized carbons (Fsp3) is 0.613. The van der Waals surface area contributed by atoms with Crippen LogP contribution in [-0.2, 0) is 12.8 Å². The molecule has 1 fully saturated rings. The molecule has 0 spiro atoms. The van der Waals surface area contributed by atoms with Crippen molar-refractivity contribution in [1.82, 2.24) is 4.90 Å². The number of aryl methyl sites for hydroxylation is 2. The molecule has 2 aliphatic heterocycles. The first-order valence-corrected chi connectivity index (χ1v) is 13.6. The summed E-state index contributed by atoms with van der Waals surface area (Å²) in [6.45, 7) is 15.9. The van der Waals surface area contributed by atoms with Crippen molar-refractivity contribution in [2.45, 2.75) is 122 Å². The van der Waals surface area contributed by atoms with Crippen LogP contribution in [0.25, 0.3) is 0 Å². The van der Waals surface area contributed by atoms with Gasteiger partial charge in [0.15, 0.2) is 0 Å². The zero-order valence-electron chi connectivity index (χ0n) is 21.0. The van der Waals surface area contributed by atoms with Crippen molar-refractivity contribution in [1.29, 1.82) is 0 Å². The number of hydrogen-bond donors (Lipinski definition) is 0. The van der Waals surface area contributed by atoms with Gasteiger partial charge in [0, 0.05) is 18.2 Å². The Morgan fingerprint density at radius 1 is 0.969 bits per heavy atom. The van der Waals surface area contributed by atoms with Crippen LogP contribution >= 0.6 is 0 Å². The molecule has 0 bridgehead atoms. The van der Waals surface area contributed by atoms with E-state index in [1.54, 1.807) is 22.3 Å². The molecule has 0 radical (unpaired) electrons. The van der Waals surface area contributed by atoms with Crippen LogP contribution in [0.5, 0.6) is 0 Å². The van der Waals surface area contributed by atoms with E-state index in [1.165, 1.54) is 74.5 Å². The van der Waals surface area contributed by atoms with Gasteiger partial charge in [0.05, 0.1) is 6.04 Å². The minimum Gasteiger partial charge on any atom is -0.366 e. The minimum absolute atomic E-state index is 0.467. The SMILES string of the molecule is C=C(CCC)C1=CN2C(CC1=C)c1cc(CC)c(CCCCCC)cc1C1CCCCC12. The summed E-state index contributed by atoms with van der Waals surface area (Å²) in [7, 11) is 0. The second kappa shape index (κ2) is 10.4. The fourth-order valence-electron chi connectivity index (χ4n) is 6.63.